The summed E-state index contributed by atoms with van der Waals surface area (Å²) in [5.41, 5.74) is 3.96. The van der Waals surface area contributed by atoms with Gasteiger partial charge in [-0.1, -0.05) is 35.3 Å². The molecule has 3 aromatic carbocycles. The topological polar surface area (TPSA) is 93.8 Å². The minimum Gasteiger partial charge on any atom is -0.486 e. The van der Waals surface area contributed by atoms with Crippen molar-refractivity contribution in [3.63, 3.8) is 0 Å². The van der Waals surface area contributed by atoms with Crippen LogP contribution in [0.5, 0.6) is 5.75 Å². The van der Waals surface area contributed by atoms with Crippen LogP contribution < -0.4 is 10.2 Å². The minimum atomic E-state index is -0.476. The van der Waals surface area contributed by atoms with Crippen LogP contribution in [0.25, 0.3) is 10.1 Å². The molecule has 0 atom stereocenters. The number of benzene rings is 3. The molecule has 0 aliphatic heterocycles. The van der Waals surface area contributed by atoms with Gasteiger partial charge in [0, 0.05) is 25.8 Å². The van der Waals surface area contributed by atoms with E-state index in [0.717, 1.165) is 13.8 Å². The first-order valence-corrected chi connectivity index (χ1v) is 12.3. The molecule has 172 valence electrons. The Kier molecular flexibility index (Phi) is 7.67. The Bertz CT molecular complexity index is 1400. The Balaban J connectivity index is 1.41. The number of nitro groups is 1. The van der Waals surface area contributed by atoms with Crippen LogP contribution in [0.15, 0.2) is 65.8 Å². The molecule has 0 saturated heterocycles. The maximum Gasteiger partial charge on any atom is 0.281 e. The second kappa shape index (κ2) is 10.7. The third-order valence-corrected chi connectivity index (χ3v) is 7.03. The lowest BCUT2D eigenvalue weighted by atomic mass is 10.2. The lowest BCUT2D eigenvalue weighted by Gasteiger charge is -2.11. The van der Waals surface area contributed by atoms with Crippen LogP contribution in [0.4, 0.5) is 5.69 Å². The Labute approximate surface area is 221 Å². The van der Waals surface area contributed by atoms with E-state index in [4.69, 9.17) is 27.9 Å². The number of ether oxygens (including phenoxy) is 1. The van der Waals surface area contributed by atoms with E-state index in [1.54, 1.807) is 24.3 Å². The average Bonchev–Trinajstić information content (AvgIpc) is 3.23. The van der Waals surface area contributed by atoms with E-state index < -0.39 is 10.8 Å². The summed E-state index contributed by atoms with van der Waals surface area (Å²) in [5, 5.41) is 16.1. The summed E-state index contributed by atoms with van der Waals surface area (Å²) in [7, 11) is 0. The maximum absolute atomic E-state index is 12.4. The van der Waals surface area contributed by atoms with E-state index in [0.29, 0.717) is 38.2 Å². The highest BCUT2D eigenvalue weighted by Gasteiger charge is 2.13. The minimum absolute atomic E-state index is 0.0324. The molecule has 0 unspecified atom stereocenters. The summed E-state index contributed by atoms with van der Waals surface area (Å²) >= 11 is 16.1. The normalized spacial score (nSPS) is 11.1. The number of hydrazone groups is 1. The standard InChI is InChI=1S/C23H14Cl2IN3O4S/c24-18-7-14(8-19(25)22(18)33-12-13-1-3-16(26)4-2-13)11-27-28-23(30)21-10-15-9-17(29(31)32)5-6-20(15)34-21/h1-11H,12H2,(H,28,30)/b27-11-. The van der Waals surface area contributed by atoms with Crippen LogP contribution in [0.2, 0.25) is 10.0 Å². The number of amides is 1. The van der Waals surface area contributed by atoms with Crippen molar-refractivity contribution in [3.8, 4) is 5.75 Å². The molecule has 11 heteroatoms. The van der Waals surface area contributed by atoms with Crippen molar-refractivity contribution in [1.29, 1.82) is 0 Å². The number of carbonyl (C=O) groups excluding carboxylic acids is 1. The van der Waals surface area contributed by atoms with Crippen molar-refractivity contribution >= 4 is 85.0 Å². The highest BCUT2D eigenvalue weighted by molar-refractivity contribution is 14.1. The van der Waals surface area contributed by atoms with Gasteiger partial charge in [0.15, 0.2) is 5.75 Å². The third kappa shape index (κ3) is 5.84. The molecule has 0 aliphatic rings. The van der Waals surface area contributed by atoms with Crippen molar-refractivity contribution in [3.05, 3.63) is 100 Å². The van der Waals surface area contributed by atoms with E-state index in [2.05, 4.69) is 33.1 Å². The number of nitro benzene ring substituents is 1. The molecular formula is C23H14Cl2IN3O4S. The summed E-state index contributed by atoms with van der Waals surface area (Å²) in [4.78, 5) is 23.3. The van der Waals surface area contributed by atoms with Gasteiger partial charge in [0.25, 0.3) is 11.6 Å². The lowest BCUT2D eigenvalue weighted by Crippen LogP contribution is -2.16. The van der Waals surface area contributed by atoms with Gasteiger partial charge in [0.1, 0.15) is 6.61 Å². The van der Waals surface area contributed by atoms with Gasteiger partial charge in [0.2, 0.25) is 0 Å². The summed E-state index contributed by atoms with van der Waals surface area (Å²) in [5.74, 6) is -0.0720. The summed E-state index contributed by atoms with van der Waals surface area (Å²) < 4.78 is 7.67. The Morgan fingerprint density at radius 1 is 1.12 bits per heavy atom. The van der Waals surface area contributed by atoms with E-state index in [1.165, 1.54) is 29.7 Å². The first-order valence-electron chi connectivity index (χ1n) is 9.68. The number of rotatable bonds is 7. The number of nitrogens with one attached hydrogen (secondary N) is 1. The number of fused-ring (bicyclic) bond motifs is 1. The molecule has 0 aliphatic carbocycles. The van der Waals surface area contributed by atoms with Gasteiger partial charge >= 0.3 is 0 Å². The molecule has 1 amide bonds. The fourth-order valence-electron chi connectivity index (χ4n) is 3.00. The molecule has 0 radical (unpaired) electrons. The number of carbonyl (C=O) groups is 1. The SMILES string of the molecule is O=C(N/N=C\c1cc(Cl)c(OCc2ccc(I)cc2)c(Cl)c1)c1cc2cc([N+](=O)[O-])ccc2s1. The summed E-state index contributed by atoms with van der Waals surface area (Å²) in [6, 6.07) is 17.2. The first-order chi connectivity index (χ1) is 16.3. The number of hydrogen-bond acceptors (Lipinski definition) is 6. The van der Waals surface area contributed by atoms with Crippen LogP contribution in [-0.2, 0) is 6.61 Å². The summed E-state index contributed by atoms with van der Waals surface area (Å²) in [6.45, 7) is 0.318. The van der Waals surface area contributed by atoms with E-state index >= 15 is 0 Å². The monoisotopic (exact) mass is 625 g/mol. The van der Waals surface area contributed by atoms with Gasteiger partial charge in [-0.2, -0.15) is 5.10 Å². The average molecular weight is 626 g/mol. The molecule has 34 heavy (non-hydrogen) atoms. The Morgan fingerprint density at radius 3 is 2.50 bits per heavy atom. The molecule has 0 spiro atoms. The fourth-order valence-corrected chi connectivity index (χ4v) is 4.91. The van der Waals surface area contributed by atoms with Crippen molar-refractivity contribution in [2.45, 2.75) is 6.61 Å². The van der Waals surface area contributed by atoms with Gasteiger partial charge in [0.05, 0.1) is 26.1 Å². The van der Waals surface area contributed by atoms with Crippen LogP contribution in [0, 0.1) is 13.7 Å². The quantitative estimate of drug-likeness (QED) is 0.103. The molecular weight excluding hydrogens is 612 g/mol. The predicted molar refractivity (Wildman–Crippen MR) is 143 cm³/mol. The second-order valence-corrected chi connectivity index (χ2v) is 10.2. The third-order valence-electron chi connectivity index (χ3n) is 4.63. The van der Waals surface area contributed by atoms with Crippen LogP contribution in [0.1, 0.15) is 20.8 Å². The first kappa shape index (κ1) is 24.4. The van der Waals surface area contributed by atoms with Gasteiger partial charge in [-0.3, -0.25) is 14.9 Å². The zero-order valence-corrected chi connectivity index (χ0v) is 21.6. The van der Waals surface area contributed by atoms with E-state index in [1.807, 2.05) is 24.3 Å². The van der Waals surface area contributed by atoms with Gasteiger partial charge in [-0.05, 0) is 70.1 Å². The lowest BCUT2D eigenvalue weighted by molar-refractivity contribution is -0.384. The summed E-state index contributed by atoms with van der Waals surface area (Å²) in [6.07, 6.45) is 1.41. The maximum atomic E-state index is 12.4. The van der Waals surface area contributed by atoms with Crippen LogP contribution >= 0.6 is 57.1 Å². The van der Waals surface area contributed by atoms with Crippen molar-refractivity contribution in [1.82, 2.24) is 5.43 Å². The Morgan fingerprint density at radius 2 is 1.82 bits per heavy atom. The Hall–Kier alpha value is -2.73. The zero-order chi connectivity index (χ0) is 24.2. The number of non-ortho nitro benzene ring substituents is 1. The van der Waals surface area contributed by atoms with Crippen LogP contribution in [0.3, 0.4) is 0 Å². The van der Waals surface area contributed by atoms with E-state index in [9.17, 15) is 14.9 Å². The number of thiophene rings is 1. The molecule has 4 aromatic rings. The van der Waals surface area contributed by atoms with E-state index in [-0.39, 0.29) is 5.69 Å². The van der Waals surface area contributed by atoms with Gasteiger partial charge in [-0.15, -0.1) is 11.3 Å². The molecule has 0 bridgehead atoms. The van der Waals surface area contributed by atoms with Crippen LogP contribution in [-0.4, -0.2) is 17.0 Å². The number of nitrogens with zero attached hydrogens (tertiary/aromatic N) is 2. The second-order valence-electron chi connectivity index (χ2n) is 7.02. The molecule has 7 nitrogen and oxygen atoms in total. The van der Waals surface area contributed by atoms with Gasteiger partial charge in [-0.25, -0.2) is 5.43 Å². The number of halogens is 3. The molecule has 1 N–H and O–H groups in total. The highest BCUT2D eigenvalue weighted by Crippen LogP contribution is 2.34. The molecule has 4 rings (SSSR count). The van der Waals surface area contributed by atoms with Crippen molar-refractivity contribution < 1.29 is 14.5 Å². The largest absolute Gasteiger partial charge is 0.486 e. The fraction of sp³-hybridized carbons (Fsp3) is 0.0435. The van der Waals surface area contributed by atoms with Crippen molar-refractivity contribution in [2.75, 3.05) is 0 Å². The van der Waals surface area contributed by atoms with Crippen molar-refractivity contribution in [2.24, 2.45) is 5.10 Å². The smallest absolute Gasteiger partial charge is 0.281 e. The highest BCUT2D eigenvalue weighted by atomic mass is 127. The molecule has 1 aromatic heterocycles. The molecule has 0 saturated carbocycles. The predicted octanol–water partition coefficient (Wildman–Crippen LogP) is 7.06. The zero-order valence-electron chi connectivity index (χ0n) is 17.1. The number of hydrogen-bond donors (Lipinski definition) is 1. The molecule has 0 fully saturated rings. The molecule has 1 heterocycles. The van der Waals surface area contributed by atoms with Gasteiger partial charge < -0.3 is 4.74 Å².